The number of aromatic nitrogens is 3. The number of phenols is 1. The molecule has 0 saturated heterocycles. The number of hydrogen-bond donors (Lipinski definition) is 2. The smallest absolute Gasteiger partial charge is 0.133 e. The lowest BCUT2D eigenvalue weighted by atomic mass is 10.0. The quantitative estimate of drug-likeness (QED) is 0.849. The minimum absolute atomic E-state index is 0.126. The van der Waals surface area contributed by atoms with Crippen molar-refractivity contribution < 1.29 is 5.11 Å². The molecule has 0 bridgehead atoms. The molecule has 108 valence electrons. The fraction of sp³-hybridized carbons (Fsp3) is 0.429. The zero-order chi connectivity index (χ0) is 14.5. The van der Waals surface area contributed by atoms with Crippen molar-refractivity contribution in [2.45, 2.75) is 25.8 Å². The van der Waals surface area contributed by atoms with E-state index in [1.165, 1.54) is 0 Å². The Kier molecular flexibility index (Phi) is 5.14. The van der Waals surface area contributed by atoms with Gasteiger partial charge in [0.2, 0.25) is 0 Å². The van der Waals surface area contributed by atoms with Gasteiger partial charge in [-0.25, -0.2) is 0 Å². The molecule has 1 aromatic carbocycles. The molecular formula is C14H19BrN4O. The van der Waals surface area contributed by atoms with E-state index < -0.39 is 0 Å². The molecule has 5 nitrogen and oxygen atoms in total. The Labute approximate surface area is 127 Å². The lowest BCUT2D eigenvalue weighted by molar-refractivity contribution is 0.441. The first kappa shape index (κ1) is 15.0. The van der Waals surface area contributed by atoms with E-state index in [9.17, 15) is 5.11 Å². The van der Waals surface area contributed by atoms with Gasteiger partial charge in [0, 0.05) is 36.1 Å². The normalized spacial score (nSPS) is 12.6. The summed E-state index contributed by atoms with van der Waals surface area (Å²) < 4.78 is 2.89. The van der Waals surface area contributed by atoms with Crippen LogP contribution < -0.4 is 5.32 Å². The first-order chi connectivity index (χ1) is 9.61. The van der Waals surface area contributed by atoms with E-state index in [4.69, 9.17) is 0 Å². The molecule has 1 heterocycles. The zero-order valence-corrected chi connectivity index (χ0v) is 13.3. The molecule has 0 aliphatic rings. The first-order valence-electron chi connectivity index (χ1n) is 6.66. The van der Waals surface area contributed by atoms with Gasteiger partial charge in [-0.3, -0.25) is 0 Å². The van der Waals surface area contributed by atoms with Crippen LogP contribution in [0.2, 0.25) is 0 Å². The predicted molar refractivity (Wildman–Crippen MR) is 81.5 cm³/mol. The molecule has 2 aromatic rings. The summed E-state index contributed by atoms with van der Waals surface area (Å²) in [4.78, 5) is 0. The lowest BCUT2D eigenvalue weighted by Gasteiger charge is -2.18. The van der Waals surface area contributed by atoms with Gasteiger partial charge in [-0.15, -0.1) is 10.2 Å². The predicted octanol–water partition coefficient (Wildman–Crippen LogP) is 2.57. The summed E-state index contributed by atoms with van der Waals surface area (Å²) in [5.41, 5.74) is 0.917. The Balaban J connectivity index is 1.99. The van der Waals surface area contributed by atoms with Gasteiger partial charge in [0.15, 0.2) is 0 Å². The van der Waals surface area contributed by atoms with Gasteiger partial charge in [-0.1, -0.05) is 22.9 Å². The molecule has 1 aromatic heterocycles. The summed E-state index contributed by atoms with van der Waals surface area (Å²) in [5, 5.41) is 21.4. The van der Waals surface area contributed by atoms with Gasteiger partial charge in [-0.05, 0) is 24.6 Å². The third-order valence-electron chi connectivity index (χ3n) is 3.32. The average molecular weight is 339 g/mol. The molecule has 0 radical (unpaired) electrons. The molecule has 2 rings (SSSR count). The van der Waals surface area contributed by atoms with E-state index in [-0.39, 0.29) is 6.04 Å². The average Bonchev–Trinajstić information content (AvgIpc) is 2.84. The van der Waals surface area contributed by atoms with Crippen LogP contribution in [0.25, 0.3) is 0 Å². The largest absolute Gasteiger partial charge is 0.508 e. The third-order valence-corrected chi connectivity index (χ3v) is 3.81. The highest BCUT2D eigenvalue weighted by Crippen LogP contribution is 2.29. The molecule has 0 fully saturated rings. The van der Waals surface area contributed by atoms with E-state index in [0.717, 1.165) is 35.2 Å². The standard InChI is InChI=1S/C14H19BrN4O/c1-3-12(11-8-10(15)4-5-13(11)20)16-7-6-14-18-17-9-19(14)2/h4-5,8-9,12,16,20H,3,6-7H2,1-2H3. The fourth-order valence-electron chi connectivity index (χ4n) is 2.17. The van der Waals surface area contributed by atoms with Crippen molar-refractivity contribution in [3.05, 3.63) is 40.4 Å². The van der Waals surface area contributed by atoms with Crippen molar-refractivity contribution in [1.82, 2.24) is 20.1 Å². The molecule has 1 atom stereocenters. The number of phenolic OH excluding ortho intramolecular Hbond substituents is 1. The summed E-state index contributed by atoms with van der Waals surface area (Å²) in [6.45, 7) is 2.89. The second-order valence-electron chi connectivity index (χ2n) is 4.73. The van der Waals surface area contributed by atoms with Crippen LogP contribution in [0.1, 0.15) is 30.8 Å². The summed E-state index contributed by atoms with van der Waals surface area (Å²) >= 11 is 3.44. The Morgan fingerprint density at radius 1 is 1.45 bits per heavy atom. The maximum Gasteiger partial charge on any atom is 0.133 e. The Bertz CT molecular complexity index is 570. The molecule has 1 unspecified atom stereocenters. The van der Waals surface area contributed by atoms with Gasteiger partial charge in [0.05, 0.1) is 0 Å². The molecule has 6 heteroatoms. The molecule has 20 heavy (non-hydrogen) atoms. The van der Waals surface area contributed by atoms with Crippen LogP contribution in [0.5, 0.6) is 5.75 Å². The summed E-state index contributed by atoms with van der Waals surface area (Å²) in [6, 6.07) is 5.64. The molecule has 2 N–H and O–H groups in total. The fourth-order valence-corrected chi connectivity index (χ4v) is 2.55. The van der Waals surface area contributed by atoms with Crippen LogP contribution in [-0.2, 0) is 13.5 Å². The maximum absolute atomic E-state index is 9.98. The van der Waals surface area contributed by atoms with Gasteiger partial charge in [0.1, 0.15) is 17.9 Å². The molecule has 0 amide bonds. The van der Waals surface area contributed by atoms with Crippen molar-refractivity contribution in [2.24, 2.45) is 7.05 Å². The number of aryl methyl sites for hydroxylation is 1. The van der Waals surface area contributed by atoms with Gasteiger partial charge in [-0.2, -0.15) is 0 Å². The maximum atomic E-state index is 9.98. The second kappa shape index (κ2) is 6.85. The highest BCUT2D eigenvalue weighted by Gasteiger charge is 2.13. The molecule has 0 aliphatic heterocycles. The van der Waals surface area contributed by atoms with Crippen LogP contribution in [0.4, 0.5) is 0 Å². The summed E-state index contributed by atoms with van der Waals surface area (Å²) in [7, 11) is 1.94. The SMILES string of the molecule is CCC(NCCc1nncn1C)c1cc(Br)ccc1O. The van der Waals surface area contributed by atoms with Crippen molar-refractivity contribution in [3.63, 3.8) is 0 Å². The Morgan fingerprint density at radius 2 is 2.25 bits per heavy atom. The van der Waals surface area contributed by atoms with Crippen LogP contribution in [0.3, 0.4) is 0 Å². The van der Waals surface area contributed by atoms with Crippen LogP contribution in [0, 0.1) is 0 Å². The van der Waals surface area contributed by atoms with Crippen molar-refractivity contribution in [2.75, 3.05) is 6.54 Å². The minimum Gasteiger partial charge on any atom is -0.508 e. The van der Waals surface area contributed by atoms with Gasteiger partial charge < -0.3 is 15.0 Å². The topological polar surface area (TPSA) is 63.0 Å². The third kappa shape index (κ3) is 3.58. The van der Waals surface area contributed by atoms with Crippen molar-refractivity contribution >= 4 is 15.9 Å². The van der Waals surface area contributed by atoms with Crippen LogP contribution in [0.15, 0.2) is 29.0 Å². The first-order valence-corrected chi connectivity index (χ1v) is 7.45. The van der Waals surface area contributed by atoms with E-state index in [2.05, 4.69) is 38.4 Å². The number of hydrogen-bond acceptors (Lipinski definition) is 4. The van der Waals surface area contributed by atoms with E-state index in [1.807, 2.05) is 23.7 Å². The van der Waals surface area contributed by atoms with E-state index in [0.29, 0.717) is 5.75 Å². The number of nitrogens with one attached hydrogen (secondary N) is 1. The highest BCUT2D eigenvalue weighted by molar-refractivity contribution is 9.10. The minimum atomic E-state index is 0.126. The Hall–Kier alpha value is -1.40. The molecule has 0 spiro atoms. The monoisotopic (exact) mass is 338 g/mol. The van der Waals surface area contributed by atoms with E-state index >= 15 is 0 Å². The zero-order valence-electron chi connectivity index (χ0n) is 11.7. The molecule has 0 aliphatic carbocycles. The van der Waals surface area contributed by atoms with Gasteiger partial charge in [0.25, 0.3) is 0 Å². The number of rotatable bonds is 6. The van der Waals surface area contributed by atoms with Crippen LogP contribution in [-0.4, -0.2) is 26.4 Å². The molecule has 0 saturated carbocycles. The number of halogens is 1. The number of aromatic hydroxyl groups is 1. The van der Waals surface area contributed by atoms with E-state index in [1.54, 1.807) is 12.4 Å². The van der Waals surface area contributed by atoms with Crippen molar-refractivity contribution in [3.8, 4) is 5.75 Å². The number of benzene rings is 1. The summed E-state index contributed by atoms with van der Waals surface area (Å²) in [6.07, 6.45) is 3.41. The van der Waals surface area contributed by atoms with Crippen LogP contribution >= 0.6 is 15.9 Å². The summed E-state index contributed by atoms with van der Waals surface area (Å²) in [5.74, 6) is 1.28. The van der Waals surface area contributed by atoms with Gasteiger partial charge >= 0.3 is 0 Å². The Morgan fingerprint density at radius 3 is 2.90 bits per heavy atom. The second-order valence-corrected chi connectivity index (χ2v) is 5.64. The molecular weight excluding hydrogens is 320 g/mol. The van der Waals surface area contributed by atoms with Crippen molar-refractivity contribution in [1.29, 1.82) is 0 Å². The highest BCUT2D eigenvalue weighted by atomic mass is 79.9. The number of nitrogens with zero attached hydrogens (tertiary/aromatic N) is 3. The lowest BCUT2D eigenvalue weighted by Crippen LogP contribution is -2.24.